The SMILES string of the molecule is CCCCN1C(=O)COc2ccc(NC(=O)c3oc4cc(C)c(C)cc4c3C)cc21. The summed E-state index contributed by atoms with van der Waals surface area (Å²) in [6.45, 7) is 8.71. The summed E-state index contributed by atoms with van der Waals surface area (Å²) in [5.41, 5.74) is 5.07. The van der Waals surface area contributed by atoms with E-state index >= 15 is 0 Å². The maximum Gasteiger partial charge on any atom is 0.291 e. The van der Waals surface area contributed by atoms with E-state index in [1.165, 1.54) is 0 Å². The summed E-state index contributed by atoms with van der Waals surface area (Å²) in [5.74, 6) is 0.554. The van der Waals surface area contributed by atoms with E-state index in [1.54, 1.807) is 23.1 Å². The Balaban J connectivity index is 1.63. The largest absolute Gasteiger partial charge is 0.482 e. The average molecular weight is 406 g/mol. The highest BCUT2D eigenvalue weighted by molar-refractivity contribution is 6.07. The molecule has 0 bridgehead atoms. The van der Waals surface area contributed by atoms with Crippen molar-refractivity contribution in [1.82, 2.24) is 0 Å². The summed E-state index contributed by atoms with van der Waals surface area (Å²) in [7, 11) is 0. The van der Waals surface area contributed by atoms with Crippen molar-refractivity contribution in [3.05, 3.63) is 52.8 Å². The number of hydrogen-bond donors (Lipinski definition) is 1. The molecule has 30 heavy (non-hydrogen) atoms. The summed E-state index contributed by atoms with van der Waals surface area (Å²) in [4.78, 5) is 27.0. The second kappa shape index (κ2) is 7.86. The Morgan fingerprint density at radius 2 is 1.90 bits per heavy atom. The number of rotatable bonds is 5. The van der Waals surface area contributed by atoms with E-state index in [-0.39, 0.29) is 18.4 Å². The van der Waals surface area contributed by atoms with Crippen LogP contribution in [0.2, 0.25) is 0 Å². The quantitative estimate of drug-likeness (QED) is 0.637. The number of amides is 2. The summed E-state index contributed by atoms with van der Waals surface area (Å²) in [6, 6.07) is 9.35. The van der Waals surface area contributed by atoms with Crippen LogP contribution in [0.4, 0.5) is 11.4 Å². The van der Waals surface area contributed by atoms with Gasteiger partial charge in [-0.1, -0.05) is 13.3 Å². The Morgan fingerprint density at radius 3 is 2.67 bits per heavy atom. The van der Waals surface area contributed by atoms with Gasteiger partial charge in [0.25, 0.3) is 11.8 Å². The molecule has 0 saturated heterocycles. The maximum atomic E-state index is 12.9. The number of unbranched alkanes of at least 4 members (excludes halogenated alkanes) is 1. The van der Waals surface area contributed by atoms with Gasteiger partial charge < -0.3 is 19.4 Å². The molecular weight excluding hydrogens is 380 g/mol. The van der Waals surface area contributed by atoms with E-state index < -0.39 is 0 Å². The molecule has 1 aromatic heterocycles. The van der Waals surface area contributed by atoms with Crippen LogP contribution in [0.3, 0.4) is 0 Å². The van der Waals surface area contributed by atoms with Gasteiger partial charge in [-0.2, -0.15) is 0 Å². The molecule has 0 atom stereocenters. The predicted molar refractivity (Wildman–Crippen MR) is 118 cm³/mol. The van der Waals surface area contributed by atoms with Crippen LogP contribution in [0.15, 0.2) is 34.7 Å². The van der Waals surface area contributed by atoms with Gasteiger partial charge in [0.2, 0.25) is 0 Å². The first-order chi connectivity index (χ1) is 14.4. The number of aryl methyl sites for hydroxylation is 3. The number of carbonyl (C=O) groups excluding carboxylic acids is 2. The van der Waals surface area contributed by atoms with E-state index in [0.29, 0.717) is 35.0 Å². The Hall–Kier alpha value is -3.28. The normalized spacial score (nSPS) is 13.3. The van der Waals surface area contributed by atoms with Crippen molar-refractivity contribution >= 4 is 34.2 Å². The Morgan fingerprint density at radius 1 is 1.13 bits per heavy atom. The van der Waals surface area contributed by atoms with E-state index in [0.717, 1.165) is 34.9 Å². The van der Waals surface area contributed by atoms with Crippen LogP contribution in [-0.4, -0.2) is 25.0 Å². The molecule has 6 nitrogen and oxygen atoms in total. The molecule has 0 spiro atoms. The topological polar surface area (TPSA) is 71.8 Å². The third-order valence-electron chi connectivity index (χ3n) is 5.65. The van der Waals surface area contributed by atoms with Crippen molar-refractivity contribution in [3.8, 4) is 5.75 Å². The first kappa shape index (κ1) is 20.0. The zero-order chi connectivity index (χ0) is 21.4. The van der Waals surface area contributed by atoms with Gasteiger partial charge in [-0.3, -0.25) is 9.59 Å². The molecule has 6 heteroatoms. The van der Waals surface area contributed by atoms with Gasteiger partial charge in [0.15, 0.2) is 12.4 Å². The Labute approximate surface area is 175 Å². The van der Waals surface area contributed by atoms with Crippen LogP contribution < -0.4 is 15.0 Å². The first-order valence-electron chi connectivity index (χ1n) is 10.3. The molecule has 2 aromatic carbocycles. The summed E-state index contributed by atoms with van der Waals surface area (Å²) in [5, 5.41) is 3.85. The van der Waals surface area contributed by atoms with Crippen molar-refractivity contribution in [1.29, 1.82) is 0 Å². The maximum absolute atomic E-state index is 12.9. The smallest absolute Gasteiger partial charge is 0.291 e. The second-order valence-corrected chi connectivity index (χ2v) is 7.81. The Kier molecular flexibility index (Phi) is 5.24. The fourth-order valence-corrected chi connectivity index (χ4v) is 3.72. The van der Waals surface area contributed by atoms with Gasteiger partial charge >= 0.3 is 0 Å². The minimum Gasteiger partial charge on any atom is -0.482 e. The lowest BCUT2D eigenvalue weighted by Crippen LogP contribution is -2.39. The minimum absolute atomic E-state index is 0.0411. The third-order valence-corrected chi connectivity index (χ3v) is 5.65. The Bertz CT molecular complexity index is 1150. The lowest BCUT2D eigenvalue weighted by Gasteiger charge is -2.29. The van der Waals surface area contributed by atoms with Gasteiger partial charge in [-0.15, -0.1) is 0 Å². The lowest BCUT2D eigenvalue weighted by atomic mass is 10.0. The fourth-order valence-electron chi connectivity index (χ4n) is 3.72. The highest BCUT2D eigenvalue weighted by Gasteiger charge is 2.26. The van der Waals surface area contributed by atoms with Gasteiger partial charge in [0.1, 0.15) is 11.3 Å². The molecule has 2 amide bonds. The van der Waals surface area contributed by atoms with Crippen LogP contribution >= 0.6 is 0 Å². The van der Waals surface area contributed by atoms with Crippen LogP contribution in [0, 0.1) is 20.8 Å². The van der Waals surface area contributed by atoms with E-state index in [4.69, 9.17) is 9.15 Å². The average Bonchev–Trinajstić information content (AvgIpc) is 3.03. The molecular formula is C24H26N2O4. The number of nitrogens with zero attached hydrogens (tertiary/aromatic N) is 1. The number of anilines is 2. The number of hydrogen-bond acceptors (Lipinski definition) is 4. The van der Waals surface area contributed by atoms with Gasteiger partial charge in [-0.25, -0.2) is 0 Å². The molecule has 4 rings (SSSR count). The predicted octanol–water partition coefficient (Wildman–Crippen LogP) is 5.14. The number of fused-ring (bicyclic) bond motifs is 2. The molecule has 1 aliphatic rings. The highest BCUT2D eigenvalue weighted by Crippen LogP contribution is 2.35. The van der Waals surface area contributed by atoms with Gasteiger partial charge in [0, 0.05) is 23.2 Å². The molecule has 3 aromatic rings. The van der Waals surface area contributed by atoms with Gasteiger partial charge in [0.05, 0.1) is 5.69 Å². The van der Waals surface area contributed by atoms with E-state index in [9.17, 15) is 9.59 Å². The molecule has 0 aliphatic carbocycles. The fraction of sp³-hybridized carbons (Fsp3) is 0.333. The standard InChI is InChI=1S/C24H26N2O4/c1-5-6-9-26-19-12-17(7-8-20(19)29-13-22(26)27)25-24(28)23-16(4)18-10-14(2)15(3)11-21(18)30-23/h7-8,10-12H,5-6,9,13H2,1-4H3,(H,25,28). The lowest BCUT2D eigenvalue weighted by molar-refractivity contribution is -0.121. The van der Waals surface area contributed by atoms with Crippen LogP contribution in [0.25, 0.3) is 11.0 Å². The number of furan rings is 1. The molecule has 1 aliphatic heterocycles. The zero-order valence-corrected chi connectivity index (χ0v) is 17.8. The monoisotopic (exact) mass is 406 g/mol. The molecule has 0 fully saturated rings. The molecule has 0 unspecified atom stereocenters. The van der Waals surface area contributed by atoms with Crippen molar-refractivity contribution in [3.63, 3.8) is 0 Å². The summed E-state index contributed by atoms with van der Waals surface area (Å²) in [6.07, 6.45) is 1.89. The van der Waals surface area contributed by atoms with Crippen molar-refractivity contribution in [2.24, 2.45) is 0 Å². The highest BCUT2D eigenvalue weighted by atomic mass is 16.5. The van der Waals surface area contributed by atoms with Gasteiger partial charge in [-0.05, 0) is 68.7 Å². The molecule has 1 N–H and O–H groups in total. The van der Waals surface area contributed by atoms with Crippen molar-refractivity contribution < 1.29 is 18.7 Å². The van der Waals surface area contributed by atoms with Crippen molar-refractivity contribution in [2.45, 2.75) is 40.5 Å². The number of benzene rings is 2. The molecule has 2 heterocycles. The summed E-state index contributed by atoms with van der Waals surface area (Å²) >= 11 is 0. The number of nitrogens with one attached hydrogen (secondary N) is 1. The second-order valence-electron chi connectivity index (χ2n) is 7.81. The van der Waals surface area contributed by atoms with E-state index in [1.807, 2.05) is 32.9 Å². The molecule has 0 saturated carbocycles. The van der Waals surface area contributed by atoms with Crippen LogP contribution in [-0.2, 0) is 4.79 Å². The molecule has 156 valence electrons. The minimum atomic E-state index is -0.317. The van der Waals surface area contributed by atoms with Crippen LogP contribution in [0.5, 0.6) is 5.75 Å². The number of ether oxygens (including phenoxy) is 1. The zero-order valence-electron chi connectivity index (χ0n) is 17.8. The van der Waals surface area contributed by atoms with E-state index in [2.05, 4.69) is 12.2 Å². The molecule has 0 radical (unpaired) electrons. The third kappa shape index (κ3) is 3.54. The van der Waals surface area contributed by atoms with Crippen LogP contribution in [0.1, 0.15) is 47.0 Å². The van der Waals surface area contributed by atoms with Crippen molar-refractivity contribution in [2.75, 3.05) is 23.4 Å². The summed E-state index contributed by atoms with van der Waals surface area (Å²) < 4.78 is 11.4. The number of carbonyl (C=O) groups is 2. The first-order valence-corrected chi connectivity index (χ1v) is 10.3.